The van der Waals surface area contributed by atoms with Gasteiger partial charge < -0.3 is 4.57 Å². The Kier molecular flexibility index (Phi) is 5.64. The van der Waals surface area contributed by atoms with Crippen LogP contribution in [0.3, 0.4) is 0 Å². The van der Waals surface area contributed by atoms with Crippen molar-refractivity contribution in [2.45, 2.75) is 13.0 Å². The summed E-state index contributed by atoms with van der Waals surface area (Å²) in [6.07, 6.45) is 6.84. The summed E-state index contributed by atoms with van der Waals surface area (Å²) in [5.74, 6) is 0. The highest BCUT2D eigenvalue weighted by Crippen LogP contribution is 2.24. The topological polar surface area (TPSA) is 41.6 Å². The van der Waals surface area contributed by atoms with Crippen LogP contribution in [-0.2, 0) is 13.0 Å². The molecule has 0 saturated carbocycles. The zero-order chi connectivity index (χ0) is 19.9. The van der Waals surface area contributed by atoms with E-state index in [-0.39, 0.29) is 0 Å². The Morgan fingerprint density at radius 1 is 0.862 bits per heavy atom. The van der Waals surface area contributed by atoms with Crippen molar-refractivity contribution in [1.29, 1.82) is 5.26 Å². The molecule has 4 aromatic rings. The van der Waals surface area contributed by atoms with Gasteiger partial charge in [0.05, 0.1) is 18.0 Å². The van der Waals surface area contributed by atoms with Gasteiger partial charge in [0, 0.05) is 24.9 Å². The van der Waals surface area contributed by atoms with Gasteiger partial charge in [-0.2, -0.15) is 5.26 Å². The van der Waals surface area contributed by atoms with Crippen LogP contribution in [0.15, 0.2) is 104 Å². The maximum Gasteiger partial charge on any atom is 0.0991 e. The van der Waals surface area contributed by atoms with E-state index < -0.39 is 0 Å². The summed E-state index contributed by atoms with van der Waals surface area (Å²) >= 11 is 0. The van der Waals surface area contributed by atoms with Crippen LogP contribution in [0.25, 0.3) is 5.57 Å². The number of nitrogens with zero attached hydrogens (tertiary/aromatic N) is 3. The predicted molar refractivity (Wildman–Crippen MR) is 116 cm³/mol. The Hall–Kier alpha value is -3.90. The number of hydrogen-bond donors (Lipinski definition) is 0. The minimum absolute atomic E-state index is 0.669. The van der Waals surface area contributed by atoms with E-state index >= 15 is 0 Å². The molecule has 4 rings (SSSR count). The molecule has 0 saturated heterocycles. The van der Waals surface area contributed by atoms with Crippen molar-refractivity contribution in [3.63, 3.8) is 0 Å². The second-order valence-corrected chi connectivity index (χ2v) is 6.88. The molecule has 0 aliphatic heterocycles. The third-order valence-electron chi connectivity index (χ3n) is 4.92. The van der Waals surface area contributed by atoms with Gasteiger partial charge in [0.2, 0.25) is 0 Å². The summed E-state index contributed by atoms with van der Waals surface area (Å²) in [7, 11) is 0. The van der Waals surface area contributed by atoms with E-state index in [9.17, 15) is 0 Å². The minimum Gasteiger partial charge on any atom is -0.330 e. The molecule has 29 heavy (non-hydrogen) atoms. The fourth-order valence-electron chi connectivity index (χ4n) is 3.39. The van der Waals surface area contributed by atoms with Crippen LogP contribution in [-0.4, -0.2) is 9.55 Å². The van der Waals surface area contributed by atoms with Gasteiger partial charge in [0.15, 0.2) is 0 Å². The lowest BCUT2D eigenvalue weighted by atomic mass is 9.96. The Balaban J connectivity index is 1.64. The normalized spacial score (nSPS) is 11.2. The zero-order valence-electron chi connectivity index (χ0n) is 16.1. The van der Waals surface area contributed by atoms with Crippen LogP contribution < -0.4 is 0 Å². The third-order valence-corrected chi connectivity index (χ3v) is 4.92. The summed E-state index contributed by atoms with van der Waals surface area (Å²) in [5, 5.41) is 9.09. The van der Waals surface area contributed by atoms with E-state index in [1.807, 2.05) is 61.1 Å². The molecule has 3 heteroatoms. The first-order chi connectivity index (χ1) is 14.3. The number of allylic oxidation sites excluding steroid dienone is 1. The molecule has 0 N–H and O–H groups in total. The quantitative estimate of drug-likeness (QED) is 0.448. The van der Waals surface area contributed by atoms with Gasteiger partial charge in [-0.1, -0.05) is 78.9 Å². The second-order valence-electron chi connectivity index (χ2n) is 6.88. The van der Waals surface area contributed by atoms with Crippen molar-refractivity contribution in [1.82, 2.24) is 9.55 Å². The molecule has 0 bridgehead atoms. The van der Waals surface area contributed by atoms with Crippen LogP contribution in [0, 0.1) is 11.3 Å². The van der Waals surface area contributed by atoms with Gasteiger partial charge in [0.25, 0.3) is 0 Å². The Bertz CT molecular complexity index is 1130. The Labute approximate surface area is 171 Å². The van der Waals surface area contributed by atoms with E-state index in [0.29, 0.717) is 5.56 Å². The number of benzene rings is 3. The molecule has 0 radical (unpaired) electrons. The maximum atomic E-state index is 9.09. The molecule has 0 unspecified atom stereocenters. The van der Waals surface area contributed by atoms with Crippen LogP contribution in [0.4, 0.5) is 0 Å². The zero-order valence-corrected chi connectivity index (χ0v) is 16.1. The van der Waals surface area contributed by atoms with E-state index in [1.165, 1.54) is 5.56 Å². The largest absolute Gasteiger partial charge is 0.330 e. The number of imidazole rings is 1. The molecule has 0 amide bonds. The molecule has 0 aliphatic carbocycles. The lowest BCUT2D eigenvalue weighted by molar-refractivity contribution is 0.757. The number of aromatic nitrogens is 2. The van der Waals surface area contributed by atoms with Crippen molar-refractivity contribution in [3.05, 3.63) is 131 Å². The highest BCUT2D eigenvalue weighted by molar-refractivity contribution is 5.80. The predicted octanol–water partition coefficient (Wildman–Crippen LogP) is 5.48. The minimum atomic E-state index is 0.669. The van der Waals surface area contributed by atoms with Crippen LogP contribution in [0.1, 0.15) is 27.9 Å². The smallest absolute Gasteiger partial charge is 0.0991 e. The monoisotopic (exact) mass is 375 g/mol. The number of rotatable bonds is 6. The third kappa shape index (κ3) is 4.51. The lowest BCUT2D eigenvalue weighted by Crippen LogP contribution is -2.02. The van der Waals surface area contributed by atoms with E-state index in [0.717, 1.165) is 35.4 Å². The SMILES string of the molecule is N#Cc1ccc(/C(=C/Cc2cncn2Cc2ccccc2)c2ccccc2)cc1. The molecule has 0 aliphatic rings. The fourth-order valence-corrected chi connectivity index (χ4v) is 3.39. The summed E-state index contributed by atoms with van der Waals surface area (Å²) in [5.41, 5.74) is 6.50. The maximum absolute atomic E-state index is 9.09. The standard InChI is InChI=1S/C26H21N3/c27-17-21-11-13-24(14-12-21)26(23-9-5-2-6-10-23)16-15-25-18-28-20-29(25)19-22-7-3-1-4-8-22/h1-14,16,18,20H,15,19H2/b26-16+. The number of hydrogen-bond acceptors (Lipinski definition) is 2. The van der Waals surface area contributed by atoms with E-state index in [2.05, 4.69) is 58.1 Å². The molecule has 3 nitrogen and oxygen atoms in total. The summed E-state index contributed by atoms with van der Waals surface area (Å²) in [4.78, 5) is 4.36. The van der Waals surface area contributed by atoms with Gasteiger partial charge in [-0.25, -0.2) is 4.98 Å². The molecule has 0 atom stereocenters. The van der Waals surface area contributed by atoms with Gasteiger partial charge in [-0.15, -0.1) is 0 Å². The van der Waals surface area contributed by atoms with Crippen LogP contribution in [0.2, 0.25) is 0 Å². The molecule has 140 valence electrons. The van der Waals surface area contributed by atoms with Crippen molar-refractivity contribution < 1.29 is 0 Å². The molecule has 1 aromatic heterocycles. The highest BCUT2D eigenvalue weighted by Gasteiger charge is 2.07. The Morgan fingerprint density at radius 2 is 1.52 bits per heavy atom. The van der Waals surface area contributed by atoms with Crippen molar-refractivity contribution in [3.8, 4) is 6.07 Å². The second kappa shape index (κ2) is 8.86. The molecule has 3 aromatic carbocycles. The summed E-state index contributed by atoms with van der Waals surface area (Å²) in [6, 6.07) is 30.7. The molecular weight excluding hydrogens is 354 g/mol. The van der Waals surface area contributed by atoms with E-state index in [4.69, 9.17) is 5.26 Å². The van der Waals surface area contributed by atoms with Gasteiger partial charge in [-0.3, -0.25) is 0 Å². The fraction of sp³-hybridized carbons (Fsp3) is 0.0769. The molecule has 0 fully saturated rings. The Morgan fingerprint density at radius 3 is 2.21 bits per heavy atom. The number of nitriles is 1. The average molecular weight is 375 g/mol. The molecular formula is C26H21N3. The van der Waals surface area contributed by atoms with Crippen LogP contribution >= 0.6 is 0 Å². The lowest BCUT2D eigenvalue weighted by Gasteiger charge is -2.11. The molecule has 1 heterocycles. The van der Waals surface area contributed by atoms with E-state index in [1.54, 1.807) is 0 Å². The molecule has 0 spiro atoms. The first-order valence-electron chi connectivity index (χ1n) is 9.62. The van der Waals surface area contributed by atoms with Crippen LogP contribution in [0.5, 0.6) is 0 Å². The van der Waals surface area contributed by atoms with Crippen molar-refractivity contribution in [2.75, 3.05) is 0 Å². The highest BCUT2D eigenvalue weighted by atomic mass is 15.0. The first-order valence-corrected chi connectivity index (χ1v) is 9.62. The first kappa shape index (κ1) is 18.5. The summed E-state index contributed by atoms with van der Waals surface area (Å²) < 4.78 is 2.19. The van der Waals surface area contributed by atoms with Crippen molar-refractivity contribution in [2.24, 2.45) is 0 Å². The van der Waals surface area contributed by atoms with Crippen molar-refractivity contribution >= 4 is 5.57 Å². The van der Waals surface area contributed by atoms with Gasteiger partial charge in [0.1, 0.15) is 0 Å². The van der Waals surface area contributed by atoms with Gasteiger partial charge in [-0.05, 0) is 34.4 Å². The van der Waals surface area contributed by atoms with Gasteiger partial charge >= 0.3 is 0 Å². The summed E-state index contributed by atoms with van der Waals surface area (Å²) in [6.45, 7) is 0.807. The average Bonchev–Trinajstić information content (AvgIpc) is 3.22.